The first-order valence-corrected chi connectivity index (χ1v) is 6.15. The molecular weight excluding hydrogens is 270 g/mol. The number of aliphatic hydroxyl groups is 1. The molecule has 0 saturated heterocycles. The minimum atomic E-state index is -1.76. The molecule has 0 aliphatic carbocycles. The normalized spacial score (nSPS) is 14.2. The molecule has 2 rings (SSSR count). The fraction of sp³-hybridized carbons (Fsp3) is 0.200. The van der Waals surface area contributed by atoms with Crippen LogP contribution in [0.1, 0.15) is 23.6 Å². The van der Waals surface area contributed by atoms with Gasteiger partial charge < -0.3 is 5.11 Å². The molecule has 0 heterocycles. The van der Waals surface area contributed by atoms with E-state index in [0.29, 0.717) is 10.6 Å². The molecule has 19 heavy (non-hydrogen) atoms. The van der Waals surface area contributed by atoms with Crippen LogP contribution in [0.25, 0.3) is 0 Å². The lowest BCUT2D eigenvalue weighted by molar-refractivity contribution is 0.0932. The second-order valence-electron chi connectivity index (χ2n) is 4.63. The summed E-state index contributed by atoms with van der Waals surface area (Å²) in [5.74, 6) is -1.51. The van der Waals surface area contributed by atoms with Gasteiger partial charge in [0, 0.05) is 5.02 Å². The third-order valence-corrected chi connectivity index (χ3v) is 3.43. The summed E-state index contributed by atoms with van der Waals surface area (Å²) in [6.07, 6.45) is 0. The average molecular weight is 283 g/mol. The lowest BCUT2D eigenvalue weighted by Gasteiger charge is -2.26. The van der Waals surface area contributed by atoms with Gasteiger partial charge in [-0.15, -0.1) is 0 Å². The Labute approximate surface area is 115 Å². The predicted molar refractivity (Wildman–Crippen MR) is 71.2 cm³/mol. The van der Waals surface area contributed by atoms with Gasteiger partial charge in [0.1, 0.15) is 17.2 Å². The van der Waals surface area contributed by atoms with E-state index in [9.17, 15) is 13.9 Å². The van der Waals surface area contributed by atoms with Crippen molar-refractivity contribution in [2.24, 2.45) is 0 Å². The quantitative estimate of drug-likeness (QED) is 0.876. The van der Waals surface area contributed by atoms with Crippen molar-refractivity contribution in [2.45, 2.75) is 19.4 Å². The van der Waals surface area contributed by atoms with Gasteiger partial charge in [-0.25, -0.2) is 8.78 Å². The first-order chi connectivity index (χ1) is 8.84. The second kappa shape index (κ2) is 4.91. The maximum Gasteiger partial charge on any atom is 0.135 e. The average Bonchev–Trinajstić information content (AvgIpc) is 2.34. The Hall–Kier alpha value is -1.45. The Bertz CT molecular complexity index is 606. The molecule has 4 heteroatoms. The van der Waals surface area contributed by atoms with E-state index in [1.165, 1.54) is 19.9 Å². The molecule has 100 valence electrons. The van der Waals surface area contributed by atoms with E-state index in [0.717, 1.165) is 6.07 Å². The van der Waals surface area contributed by atoms with Gasteiger partial charge >= 0.3 is 0 Å². The SMILES string of the molecule is Cc1ccc(F)c(C(C)(O)c2ccc(Cl)cc2)c1F. The van der Waals surface area contributed by atoms with Crippen LogP contribution in [-0.4, -0.2) is 5.11 Å². The van der Waals surface area contributed by atoms with Crippen molar-refractivity contribution in [3.05, 3.63) is 69.7 Å². The van der Waals surface area contributed by atoms with E-state index >= 15 is 0 Å². The summed E-state index contributed by atoms with van der Waals surface area (Å²) in [5, 5.41) is 11.0. The van der Waals surface area contributed by atoms with E-state index in [1.807, 2.05) is 0 Å². The van der Waals surface area contributed by atoms with Gasteiger partial charge in [0.15, 0.2) is 0 Å². The molecule has 1 nitrogen and oxygen atoms in total. The van der Waals surface area contributed by atoms with Crippen molar-refractivity contribution >= 4 is 11.6 Å². The van der Waals surface area contributed by atoms with Crippen LogP contribution in [0.4, 0.5) is 8.78 Å². The van der Waals surface area contributed by atoms with Crippen LogP contribution >= 0.6 is 11.6 Å². The van der Waals surface area contributed by atoms with Gasteiger partial charge in [-0.3, -0.25) is 0 Å². The van der Waals surface area contributed by atoms with Crippen molar-refractivity contribution in [2.75, 3.05) is 0 Å². The van der Waals surface area contributed by atoms with Gasteiger partial charge in [0.05, 0.1) is 5.56 Å². The van der Waals surface area contributed by atoms with E-state index in [-0.39, 0.29) is 11.1 Å². The van der Waals surface area contributed by atoms with E-state index in [1.54, 1.807) is 24.3 Å². The van der Waals surface area contributed by atoms with Crippen LogP contribution in [0.5, 0.6) is 0 Å². The van der Waals surface area contributed by atoms with Crippen molar-refractivity contribution < 1.29 is 13.9 Å². The molecule has 1 atom stereocenters. The third kappa shape index (κ3) is 2.48. The number of hydrogen-bond acceptors (Lipinski definition) is 1. The summed E-state index contributed by atoms with van der Waals surface area (Å²) in [4.78, 5) is 0. The molecular formula is C15H13ClF2O. The maximum atomic E-state index is 14.1. The Morgan fingerprint density at radius 3 is 2.21 bits per heavy atom. The van der Waals surface area contributed by atoms with E-state index in [2.05, 4.69) is 0 Å². The number of halogens is 3. The predicted octanol–water partition coefficient (Wildman–Crippen LogP) is 4.18. The minimum Gasteiger partial charge on any atom is -0.380 e. The third-order valence-electron chi connectivity index (χ3n) is 3.18. The highest BCUT2D eigenvalue weighted by Gasteiger charge is 2.32. The summed E-state index contributed by atoms with van der Waals surface area (Å²) >= 11 is 5.77. The van der Waals surface area contributed by atoms with Crippen LogP contribution in [-0.2, 0) is 5.60 Å². The molecule has 2 aromatic rings. The lowest BCUT2D eigenvalue weighted by atomic mass is 9.86. The molecule has 0 spiro atoms. The van der Waals surface area contributed by atoms with Crippen LogP contribution in [0.3, 0.4) is 0 Å². The number of aryl methyl sites for hydroxylation is 1. The van der Waals surface area contributed by atoms with Gasteiger partial charge in [0.25, 0.3) is 0 Å². The lowest BCUT2D eigenvalue weighted by Crippen LogP contribution is -2.26. The van der Waals surface area contributed by atoms with E-state index < -0.39 is 17.2 Å². The fourth-order valence-corrected chi connectivity index (χ4v) is 2.15. The highest BCUT2D eigenvalue weighted by Crippen LogP contribution is 2.34. The minimum absolute atomic E-state index is 0.283. The molecule has 0 radical (unpaired) electrons. The molecule has 0 saturated carbocycles. The van der Waals surface area contributed by atoms with Gasteiger partial charge in [-0.05, 0) is 43.2 Å². The first-order valence-electron chi connectivity index (χ1n) is 5.77. The van der Waals surface area contributed by atoms with Gasteiger partial charge in [0.2, 0.25) is 0 Å². The van der Waals surface area contributed by atoms with Gasteiger partial charge in [-0.2, -0.15) is 0 Å². The summed E-state index contributed by atoms with van der Waals surface area (Å²) in [5.41, 5.74) is -1.45. The van der Waals surface area contributed by atoms with Crippen LogP contribution in [0.2, 0.25) is 5.02 Å². The standard InChI is InChI=1S/C15H13ClF2O/c1-9-3-8-12(17)13(14(9)18)15(2,19)10-4-6-11(16)7-5-10/h3-8,19H,1-2H3. The van der Waals surface area contributed by atoms with Crippen molar-refractivity contribution in [1.29, 1.82) is 0 Å². The molecule has 1 unspecified atom stereocenters. The van der Waals surface area contributed by atoms with Crippen molar-refractivity contribution in [3.63, 3.8) is 0 Å². The largest absolute Gasteiger partial charge is 0.380 e. The molecule has 2 aromatic carbocycles. The first kappa shape index (κ1) is 14.0. The summed E-state index contributed by atoms with van der Waals surface area (Å²) < 4.78 is 28.0. The second-order valence-corrected chi connectivity index (χ2v) is 5.07. The fourth-order valence-electron chi connectivity index (χ4n) is 2.02. The Morgan fingerprint density at radius 1 is 1.05 bits per heavy atom. The van der Waals surface area contributed by atoms with Crippen molar-refractivity contribution in [3.8, 4) is 0 Å². The molecule has 0 aromatic heterocycles. The summed E-state index contributed by atoms with van der Waals surface area (Å²) in [6.45, 7) is 2.88. The van der Waals surface area contributed by atoms with Crippen LogP contribution < -0.4 is 0 Å². The van der Waals surface area contributed by atoms with Crippen LogP contribution in [0, 0.1) is 18.6 Å². The zero-order valence-electron chi connectivity index (χ0n) is 10.5. The summed E-state index contributed by atoms with van der Waals surface area (Å²) in [7, 11) is 0. The molecule has 0 fully saturated rings. The van der Waals surface area contributed by atoms with E-state index in [4.69, 9.17) is 11.6 Å². The van der Waals surface area contributed by atoms with Gasteiger partial charge in [-0.1, -0.05) is 29.8 Å². The zero-order valence-corrected chi connectivity index (χ0v) is 11.3. The number of rotatable bonds is 2. The maximum absolute atomic E-state index is 14.1. The smallest absolute Gasteiger partial charge is 0.135 e. The monoisotopic (exact) mass is 282 g/mol. The summed E-state index contributed by atoms with van der Waals surface area (Å²) in [6, 6.07) is 8.71. The Kier molecular flexibility index (Phi) is 3.61. The number of hydrogen-bond donors (Lipinski definition) is 1. The van der Waals surface area contributed by atoms with Crippen LogP contribution in [0.15, 0.2) is 36.4 Å². The van der Waals surface area contributed by atoms with Crippen molar-refractivity contribution in [1.82, 2.24) is 0 Å². The molecule has 1 N–H and O–H groups in total. The molecule has 0 aliphatic heterocycles. The highest BCUT2D eigenvalue weighted by molar-refractivity contribution is 6.30. The Balaban J connectivity index is 2.62. The Morgan fingerprint density at radius 2 is 1.63 bits per heavy atom. The topological polar surface area (TPSA) is 20.2 Å². The number of benzene rings is 2. The highest BCUT2D eigenvalue weighted by atomic mass is 35.5. The molecule has 0 aliphatic rings. The zero-order chi connectivity index (χ0) is 14.2. The molecule has 0 amide bonds. The molecule has 0 bridgehead atoms.